The smallest absolute Gasteiger partial charge is 0.407 e. The van der Waals surface area contributed by atoms with Gasteiger partial charge >= 0.3 is 6.09 Å². The molecular weight excluding hydrogens is 683 g/mol. The van der Waals surface area contributed by atoms with Gasteiger partial charge in [-0.3, -0.25) is 14.6 Å². The van der Waals surface area contributed by atoms with Gasteiger partial charge in [-0.25, -0.2) is 14.8 Å². The molecule has 0 radical (unpaired) electrons. The number of H-pyrrole nitrogens is 2. The summed E-state index contributed by atoms with van der Waals surface area (Å²) in [5, 5.41) is 4.76. The largest absolute Gasteiger partial charge is 0.453 e. The Labute approximate surface area is 315 Å². The first kappa shape index (κ1) is 36.8. The minimum Gasteiger partial charge on any atom is -0.453 e. The Kier molecular flexibility index (Phi) is 10.5. The summed E-state index contributed by atoms with van der Waals surface area (Å²) >= 11 is 0. The lowest BCUT2D eigenvalue weighted by molar-refractivity contribution is -0.136. The number of hydrogen-bond donors (Lipinski definition) is 4. The van der Waals surface area contributed by atoms with Crippen molar-refractivity contribution in [2.45, 2.75) is 77.5 Å². The van der Waals surface area contributed by atoms with Gasteiger partial charge in [0.2, 0.25) is 11.8 Å². The van der Waals surface area contributed by atoms with Crippen LogP contribution >= 0.6 is 0 Å². The van der Waals surface area contributed by atoms with E-state index in [2.05, 4.69) is 44.5 Å². The van der Waals surface area contributed by atoms with Crippen LogP contribution in [0.2, 0.25) is 0 Å². The van der Waals surface area contributed by atoms with Crippen molar-refractivity contribution in [2.75, 3.05) is 20.2 Å². The summed E-state index contributed by atoms with van der Waals surface area (Å²) in [5.41, 5.74) is 11.7. The van der Waals surface area contributed by atoms with Crippen molar-refractivity contribution in [3.8, 4) is 33.8 Å². The summed E-state index contributed by atoms with van der Waals surface area (Å²) in [5.74, 6) is 1.34. The Morgan fingerprint density at radius 1 is 0.796 bits per heavy atom. The van der Waals surface area contributed by atoms with Gasteiger partial charge in [0, 0.05) is 42.0 Å². The molecule has 3 aromatic heterocycles. The third kappa shape index (κ3) is 7.32. The maximum atomic E-state index is 13.5. The second-order valence-corrected chi connectivity index (χ2v) is 15.1. The molecule has 2 fully saturated rings. The van der Waals surface area contributed by atoms with E-state index in [-0.39, 0.29) is 35.7 Å². The Balaban J connectivity index is 1.03. The van der Waals surface area contributed by atoms with Crippen molar-refractivity contribution in [3.05, 3.63) is 78.8 Å². The third-order valence-corrected chi connectivity index (χ3v) is 10.8. The van der Waals surface area contributed by atoms with Crippen LogP contribution in [-0.4, -0.2) is 84.9 Å². The number of pyridine rings is 1. The summed E-state index contributed by atoms with van der Waals surface area (Å²) < 4.78 is 4.76. The first-order valence-corrected chi connectivity index (χ1v) is 18.8. The molecule has 0 spiro atoms. The molecule has 0 unspecified atom stereocenters. The van der Waals surface area contributed by atoms with Gasteiger partial charge in [-0.15, -0.1) is 0 Å². The molecule has 2 aliphatic heterocycles. The molecule has 2 saturated heterocycles. The highest BCUT2D eigenvalue weighted by Gasteiger charge is 2.38. The minimum absolute atomic E-state index is 0.0167. The highest BCUT2D eigenvalue weighted by molar-refractivity contribution is 5.89. The van der Waals surface area contributed by atoms with Gasteiger partial charge in [0.25, 0.3) is 0 Å². The summed E-state index contributed by atoms with van der Waals surface area (Å²) in [6.07, 6.45) is 8.40. The van der Waals surface area contributed by atoms with Gasteiger partial charge in [-0.05, 0) is 60.6 Å². The summed E-state index contributed by atoms with van der Waals surface area (Å²) in [4.78, 5) is 63.4. The highest BCUT2D eigenvalue weighted by Crippen LogP contribution is 2.35. The van der Waals surface area contributed by atoms with Crippen molar-refractivity contribution in [1.29, 1.82) is 0 Å². The van der Waals surface area contributed by atoms with Crippen molar-refractivity contribution >= 4 is 28.7 Å². The average molecular weight is 732 g/mol. The zero-order valence-corrected chi connectivity index (χ0v) is 31.5. The number of fused-ring (bicyclic) bond motifs is 1. The lowest BCUT2D eigenvalue weighted by atomic mass is 10.0. The number of alkyl carbamates (subject to hydrolysis) is 1. The first-order chi connectivity index (χ1) is 26.0. The molecule has 4 atom stereocenters. The van der Waals surface area contributed by atoms with E-state index in [9.17, 15) is 14.4 Å². The number of imidazole rings is 2. The van der Waals surface area contributed by atoms with E-state index in [1.54, 1.807) is 6.20 Å². The Morgan fingerprint density at radius 2 is 1.46 bits per heavy atom. The van der Waals surface area contributed by atoms with E-state index < -0.39 is 18.2 Å². The quantitative estimate of drug-likeness (QED) is 0.128. The van der Waals surface area contributed by atoms with Crippen molar-refractivity contribution in [1.82, 2.24) is 40.0 Å². The second-order valence-electron chi connectivity index (χ2n) is 15.1. The fourth-order valence-corrected chi connectivity index (χ4v) is 7.57. The third-order valence-electron chi connectivity index (χ3n) is 10.8. The average Bonchev–Trinajstić information content (AvgIpc) is 4.02. The minimum atomic E-state index is -0.683. The van der Waals surface area contributed by atoms with Crippen LogP contribution in [0.3, 0.4) is 0 Å². The number of hydrogen-bond acceptors (Lipinski definition) is 8. The lowest BCUT2D eigenvalue weighted by Crippen LogP contribution is -2.51. The second kappa shape index (κ2) is 15.4. The van der Waals surface area contributed by atoms with E-state index in [1.165, 1.54) is 7.11 Å². The maximum absolute atomic E-state index is 13.5. The van der Waals surface area contributed by atoms with E-state index in [0.717, 1.165) is 81.9 Å². The molecule has 3 amide bonds. The van der Waals surface area contributed by atoms with Gasteiger partial charge in [-0.2, -0.15) is 0 Å². The van der Waals surface area contributed by atoms with Crippen LogP contribution in [0.15, 0.2) is 67.1 Å². The van der Waals surface area contributed by atoms with Crippen LogP contribution in [0.1, 0.15) is 77.1 Å². The number of aromatic amines is 2. The van der Waals surface area contributed by atoms with Crippen molar-refractivity contribution in [2.24, 2.45) is 17.6 Å². The molecule has 282 valence electrons. The number of rotatable bonds is 10. The molecule has 54 heavy (non-hydrogen) atoms. The van der Waals surface area contributed by atoms with E-state index in [0.29, 0.717) is 13.1 Å². The van der Waals surface area contributed by atoms with Crippen LogP contribution in [0.25, 0.3) is 44.5 Å². The van der Waals surface area contributed by atoms with E-state index >= 15 is 0 Å². The number of amides is 3. The number of likely N-dealkylation sites (tertiary alicyclic amines) is 2. The molecular formula is C41H49N9O4. The van der Waals surface area contributed by atoms with Crippen LogP contribution in [0.5, 0.6) is 0 Å². The topological polar surface area (TPSA) is 175 Å². The number of carbonyl (C=O) groups is 3. The van der Waals surface area contributed by atoms with Crippen LogP contribution in [0, 0.1) is 11.8 Å². The van der Waals surface area contributed by atoms with Gasteiger partial charge in [0.05, 0.1) is 48.5 Å². The standard InChI is InChI=1S/C41H49N9O4/c1-23(2)35(42)39(51)49-16-6-8-33(49)37-45-22-32(47-37)28-15-14-27-19-30(43-20-29(27)18-28)25-10-12-26(13-11-25)31-21-44-38(46-31)34-9-7-17-50(34)40(52)36(24(3)4)48-41(53)54-5/h10-15,18-24,33-36H,6-9,16-17,42H2,1-5H3,(H,44,46)(H,45,47)(H,48,53)/t33-,34-,35-,36-/m0/s1. The summed E-state index contributed by atoms with van der Waals surface area (Å²) in [6, 6.07) is 15.0. The van der Waals surface area contributed by atoms with E-state index in [1.807, 2.05) is 74.2 Å². The Hall–Kier alpha value is -5.56. The molecule has 13 heteroatoms. The molecule has 7 rings (SSSR count). The van der Waals surface area contributed by atoms with Crippen molar-refractivity contribution < 1.29 is 19.1 Å². The predicted octanol–water partition coefficient (Wildman–Crippen LogP) is 6.37. The number of benzene rings is 2. The number of ether oxygens (including phenoxy) is 1. The number of aromatic nitrogens is 5. The fourth-order valence-electron chi connectivity index (χ4n) is 7.57. The van der Waals surface area contributed by atoms with Gasteiger partial charge in [0.15, 0.2) is 0 Å². The number of carbonyl (C=O) groups excluding carboxylic acids is 3. The molecule has 5 N–H and O–H groups in total. The molecule has 13 nitrogen and oxygen atoms in total. The Bertz CT molecular complexity index is 2140. The summed E-state index contributed by atoms with van der Waals surface area (Å²) in [6.45, 7) is 9.04. The zero-order valence-electron chi connectivity index (χ0n) is 31.5. The normalized spacial score (nSPS) is 18.4. The first-order valence-electron chi connectivity index (χ1n) is 18.8. The van der Waals surface area contributed by atoms with Gasteiger partial charge in [-0.1, -0.05) is 64.1 Å². The van der Waals surface area contributed by atoms with Gasteiger partial charge in [0.1, 0.15) is 17.7 Å². The van der Waals surface area contributed by atoms with Crippen LogP contribution < -0.4 is 11.1 Å². The van der Waals surface area contributed by atoms with Crippen LogP contribution in [0.4, 0.5) is 4.79 Å². The van der Waals surface area contributed by atoms with Crippen LogP contribution in [-0.2, 0) is 14.3 Å². The molecule has 5 heterocycles. The molecule has 0 bridgehead atoms. The lowest BCUT2D eigenvalue weighted by Gasteiger charge is -2.30. The van der Waals surface area contributed by atoms with Gasteiger partial charge < -0.3 is 35.6 Å². The highest BCUT2D eigenvalue weighted by atomic mass is 16.5. The Morgan fingerprint density at radius 3 is 2.15 bits per heavy atom. The maximum Gasteiger partial charge on any atom is 0.407 e. The SMILES string of the molecule is COC(=O)N[C@H](C(=O)N1CCC[C@H]1c1ncc(-c2ccc(-c3cc4ccc(-c5c[nH]c([C@@H]6CCCN6C(=O)[C@@H](N)C(C)C)n5)cc4cn3)cc2)[nH]1)C(C)C. The molecule has 0 aliphatic carbocycles. The van der Waals surface area contributed by atoms with E-state index in [4.69, 9.17) is 20.4 Å². The number of nitrogens with one attached hydrogen (secondary N) is 3. The zero-order chi connectivity index (χ0) is 38.1. The van der Waals surface area contributed by atoms with Crippen molar-refractivity contribution in [3.63, 3.8) is 0 Å². The fraction of sp³-hybridized carbons (Fsp3) is 0.415. The molecule has 2 aliphatic rings. The molecule has 2 aromatic carbocycles. The number of nitrogens with zero attached hydrogens (tertiary/aromatic N) is 5. The molecule has 5 aromatic rings. The molecule has 0 saturated carbocycles. The summed E-state index contributed by atoms with van der Waals surface area (Å²) in [7, 11) is 1.29. The number of methoxy groups -OCH3 is 1. The monoisotopic (exact) mass is 731 g/mol. The predicted molar refractivity (Wildman–Crippen MR) is 207 cm³/mol. The number of nitrogens with two attached hydrogens (primary N) is 1.